The summed E-state index contributed by atoms with van der Waals surface area (Å²) >= 11 is 3.40. The molecule has 1 aromatic rings. The van der Waals surface area contributed by atoms with E-state index >= 15 is 0 Å². The standard InChI is InChI=1S/C14H19BrN2O2/c1-2-14(6-3-7-14)10-16-9-11-4-5-12(17(18)19)8-13(11)15/h4-5,8,16H,2-3,6-7,9-10H2,1H3. The molecule has 0 aromatic heterocycles. The fraction of sp³-hybridized carbons (Fsp3) is 0.571. The van der Waals surface area contributed by atoms with Gasteiger partial charge in [-0.15, -0.1) is 0 Å². The molecule has 0 saturated heterocycles. The zero-order chi connectivity index (χ0) is 13.9. The SMILES string of the molecule is CCC1(CNCc2ccc([N+](=O)[O-])cc2Br)CCC1. The molecule has 0 spiro atoms. The number of nitro benzene ring substituents is 1. The Morgan fingerprint density at radius 3 is 2.68 bits per heavy atom. The van der Waals surface area contributed by atoms with Crippen LogP contribution in [0.5, 0.6) is 0 Å². The highest BCUT2D eigenvalue weighted by molar-refractivity contribution is 9.10. The summed E-state index contributed by atoms with van der Waals surface area (Å²) in [6.45, 7) is 4.04. The summed E-state index contributed by atoms with van der Waals surface area (Å²) in [6, 6.07) is 4.94. The molecule has 0 bridgehead atoms. The van der Waals surface area contributed by atoms with Gasteiger partial charge in [-0.1, -0.05) is 29.3 Å². The van der Waals surface area contributed by atoms with Crippen LogP contribution in [-0.2, 0) is 6.54 Å². The predicted octanol–water partition coefficient (Wildman–Crippen LogP) is 4.03. The Bertz CT molecular complexity index is 467. The van der Waals surface area contributed by atoms with Gasteiger partial charge in [0, 0.05) is 29.7 Å². The van der Waals surface area contributed by atoms with Crippen LogP contribution < -0.4 is 5.32 Å². The number of benzene rings is 1. The van der Waals surface area contributed by atoms with Gasteiger partial charge in [0.25, 0.3) is 5.69 Å². The maximum Gasteiger partial charge on any atom is 0.270 e. The summed E-state index contributed by atoms with van der Waals surface area (Å²) in [4.78, 5) is 10.3. The lowest BCUT2D eigenvalue weighted by Gasteiger charge is -2.41. The summed E-state index contributed by atoms with van der Waals surface area (Å²) < 4.78 is 0.799. The minimum atomic E-state index is -0.373. The molecule has 0 radical (unpaired) electrons. The molecule has 0 aliphatic heterocycles. The number of nitrogens with zero attached hydrogens (tertiary/aromatic N) is 1. The lowest BCUT2D eigenvalue weighted by molar-refractivity contribution is -0.384. The van der Waals surface area contributed by atoms with Gasteiger partial charge in [-0.2, -0.15) is 0 Å². The Morgan fingerprint density at radius 1 is 1.47 bits per heavy atom. The third kappa shape index (κ3) is 3.34. The van der Waals surface area contributed by atoms with E-state index in [4.69, 9.17) is 0 Å². The fourth-order valence-corrected chi connectivity index (χ4v) is 3.09. The summed E-state index contributed by atoms with van der Waals surface area (Å²) in [7, 11) is 0. The van der Waals surface area contributed by atoms with Crippen LogP contribution in [0.4, 0.5) is 5.69 Å². The van der Waals surface area contributed by atoms with Crippen LogP contribution >= 0.6 is 15.9 Å². The smallest absolute Gasteiger partial charge is 0.270 e. The number of nitrogens with one attached hydrogen (secondary N) is 1. The normalized spacial score (nSPS) is 16.9. The summed E-state index contributed by atoms with van der Waals surface area (Å²) in [5.41, 5.74) is 1.68. The van der Waals surface area contributed by atoms with Gasteiger partial charge in [0.2, 0.25) is 0 Å². The largest absolute Gasteiger partial charge is 0.312 e. The van der Waals surface area contributed by atoms with Gasteiger partial charge in [-0.05, 0) is 36.3 Å². The molecule has 2 rings (SSSR count). The lowest BCUT2D eigenvalue weighted by Crippen LogP contribution is -2.39. The monoisotopic (exact) mass is 326 g/mol. The Balaban J connectivity index is 1.91. The average molecular weight is 327 g/mol. The van der Waals surface area contributed by atoms with Crippen LogP contribution in [-0.4, -0.2) is 11.5 Å². The first-order valence-electron chi connectivity index (χ1n) is 6.70. The van der Waals surface area contributed by atoms with E-state index in [1.165, 1.54) is 25.7 Å². The van der Waals surface area contributed by atoms with Crippen molar-refractivity contribution in [3.63, 3.8) is 0 Å². The van der Waals surface area contributed by atoms with E-state index in [2.05, 4.69) is 28.2 Å². The zero-order valence-electron chi connectivity index (χ0n) is 11.1. The van der Waals surface area contributed by atoms with Crippen LogP contribution in [0.15, 0.2) is 22.7 Å². The maximum absolute atomic E-state index is 10.7. The van der Waals surface area contributed by atoms with E-state index in [9.17, 15) is 10.1 Å². The highest BCUT2D eigenvalue weighted by Crippen LogP contribution is 2.43. The fourth-order valence-electron chi connectivity index (χ4n) is 2.59. The second kappa shape index (κ2) is 6.01. The van der Waals surface area contributed by atoms with Crippen LogP contribution in [0.1, 0.15) is 38.2 Å². The van der Waals surface area contributed by atoms with E-state index < -0.39 is 0 Å². The van der Waals surface area contributed by atoms with Crippen molar-refractivity contribution in [2.45, 2.75) is 39.2 Å². The van der Waals surface area contributed by atoms with Crippen molar-refractivity contribution in [1.29, 1.82) is 0 Å². The number of nitro groups is 1. The quantitative estimate of drug-likeness (QED) is 0.634. The van der Waals surface area contributed by atoms with Crippen molar-refractivity contribution < 1.29 is 4.92 Å². The highest BCUT2D eigenvalue weighted by atomic mass is 79.9. The summed E-state index contributed by atoms with van der Waals surface area (Å²) in [5.74, 6) is 0. The molecular formula is C14H19BrN2O2. The molecule has 0 unspecified atom stereocenters. The molecule has 1 aliphatic carbocycles. The van der Waals surface area contributed by atoms with E-state index in [1.807, 2.05) is 6.07 Å². The third-order valence-corrected chi connectivity index (χ3v) is 4.97. The molecule has 1 N–H and O–H groups in total. The first-order valence-corrected chi connectivity index (χ1v) is 7.49. The zero-order valence-corrected chi connectivity index (χ0v) is 12.7. The second-order valence-electron chi connectivity index (χ2n) is 5.34. The summed E-state index contributed by atoms with van der Waals surface area (Å²) in [5, 5.41) is 14.1. The van der Waals surface area contributed by atoms with Crippen molar-refractivity contribution >= 4 is 21.6 Å². The number of rotatable bonds is 6. The molecule has 1 fully saturated rings. The third-order valence-electron chi connectivity index (χ3n) is 4.23. The van der Waals surface area contributed by atoms with Gasteiger partial charge in [0.1, 0.15) is 0 Å². The molecule has 0 amide bonds. The molecule has 0 atom stereocenters. The molecule has 5 heteroatoms. The van der Waals surface area contributed by atoms with Crippen molar-refractivity contribution in [1.82, 2.24) is 5.32 Å². The van der Waals surface area contributed by atoms with Crippen LogP contribution in [0, 0.1) is 15.5 Å². The first kappa shape index (κ1) is 14.5. The maximum atomic E-state index is 10.7. The molecule has 19 heavy (non-hydrogen) atoms. The predicted molar refractivity (Wildman–Crippen MR) is 79.1 cm³/mol. The molecule has 104 valence electrons. The average Bonchev–Trinajstić information content (AvgIpc) is 2.34. The van der Waals surface area contributed by atoms with Gasteiger partial charge in [0.15, 0.2) is 0 Å². The highest BCUT2D eigenvalue weighted by Gasteiger charge is 2.34. The van der Waals surface area contributed by atoms with Crippen molar-refractivity contribution in [3.8, 4) is 0 Å². The Kier molecular flexibility index (Phi) is 4.58. The molecule has 4 nitrogen and oxygen atoms in total. The molecule has 1 aliphatic rings. The summed E-state index contributed by atoms with van der Waals surface area (Å²) in [6.07, 6.45) is 5.20. The van der Waals surface area contributed by atoms with Gasteiger partial charge < -0.3 is 5.32 Å². The lowest BCUT2D eigenvalue weighted by atomic mass is 9.67. The van der Waals surface area contributed by atoms with Crippen molar-refractivity contribution in [3.05, 3.63) is 38.3 Å². The van der Waals surface area contributed by atoms with Crippen molar-refractivity contribution in [2.24, 2.45) is 5.41 Å². The minimum Gasteiger partial charge on any atom is -0.312 e. The van der Waals surface area contributed by atoms with Gasteiger partial charge in [0.05, 0.1) is 4.92 Å². The van der Waals surface area contributed by atoms with Crippen LogP contribution in [0.25, 0.3) is 0 Å². The van der Waals surface area contributed by atoms with Gasteiger partial charge in [-0.3, -0.25) is 10.1 Å². The Hall–Kier alpha value is -0.940. The van der Waals surface area contributed by atoms with E-state index in [1.54, 1.807) is 12.1 Å². The molecular weight excluding hydrogens is 308 g/mol. The Morgan fingerprint density at radius 2 is 2.21 bits per heavy atom. The second-order valence-corrected chi connectivity index (χ2v) is 6.20. The minimum absolute atomic E-state index is 0.125. The number of non-ortho nitro benzene ring substituents is 1. The molecule has 1 aromatic carbocycles. The molecule has 1 saturated carbocycles. The van der Waals surface area contributed by atoms with E-state index in [-0.39, 0.29) is 10.6 Å². The number of hydrogen-bond acceptors (Lipinski definition) is 3. The molecule has 0 heterocycles. The van der Waals surface area contributed by atoms with Crippen LogP contribution in [0.3, 0.4) is 0 Å². The van der Waals surface area contributed by atoms with E-state index in [0.29, 0.717) is 5.41 Å². The number of halogens is 1. The van der Waals surface area contributed by atoms with Gasteiger partial charge >= 0.3 is 0 Å². The van der Waals surface area contributed by atoms with Crippen molar-refractivity contribution in [2.75, 3.05) is 6.54 Å². The topological polar surface area (TPSA) is 55.2 Å². The Labute approximate surface area is 121 Å². The van der Waals surface area contributed by atoms with Crippen LogP contribution in [0.2, 0.25) is 0 Å². The number of hydrogen-bond donors (Lipinski definition) is 1. The van der Waals surface area contributed by atoms with E-state index in [0.717, 1.165) is 23.1 Å². The first-order chi connectivity index (χ1) is 9.06. The van der Waals surface area contributed by atoms with Gasteiger partial charge in [-0.25, -0.2) is 0 Å².